The minimum atomic E-state index is -0.223. The average Bonchev–Trinajstić information content (AvgIpc) is 2.28. The van der Waals surface area contributed by atoms with E-state index in [1.807, 2.05) is 6.92 Å². The molecule has 4 heteroatoms. The summed E-state index contributed by atoms with van der Waals surface area (Å²) in [5, 5.41) is 0. The second-order valence-corrected chi connectivity index (χ2v) is 3.89. The molecule has 0 aromatic heterocycles. The monoisotopic (exact) mass is 215 g/mol. The van der Waals surface area contributed by atoms with E-state index in [-0.39, 0.29) is 12.1 Å². The first-order valence-corrected chi connectivity index (χ1v) is 5.70. The van der Waals surface area contributed by atoms with Crippen molar-refractivity contribution in [2.24, 2.45) is 0 Å². The molecule has 0 saturated carbocycles. The molecule has 1 aliphatic heterocycles. The number of nitrogens with zero attached hydrogens (tertiary/aromatic N) is 1. The normalized spacial score (nSPS) is 26.1. The van der Waals surface area contributed by atoms with Gasteiger partial charge >= 0.3 is 6.09 Å². The number of carbonyl (C=O) groups excluding carboxylic acids is 1. The van der Waals surface area contributed by atoms with Crippen molar-refractivity contribution >= 4 is 6.09 Å². The van der Waals surface area contributed by atoms with Gasteiger partial charge in [0.25, 0.3) is 0 Å². The van der Waals surface area contributed by atoms with Crippen LogP contribution in [0.3, 0.4) is 0 Å². The Morgan fingerprint density at radius 2 is 2.27 bits per heavy atom. The van der Waals surface area contributed by atoms with Crippen LogP contribution in [0, 0.1) is 0 Å². The van der Waals surface area contributed by atoms with Crippen LogP contribution in [0.25, 0.3) is 0 Å². The third kappa shape index (κ3) is 3.38. The van der Waals surface area contributed by atoms with Crippen molar-refractivity contribution in [1.82, 2.24) is 4.90 Å². The summed E-state index contributed by atoms with van der Waals surface area (Å²) in [4.78, 5) is 13.2. The lowest BCUT2D eigenvalue weighted by molar-refractivity contribution is -0.0221. The molecule has 0 aromatic carbocycles. The highest BCUT2D eigenvalue weighted by Gasteiger charge is 2.27. The Morgan fingerprint density at radius 1 is 1.53 bits per heavy atom. The Labute approximate surface area is 91.5 Å². The first-order chi connectivity index (χ1) is 7.19. The smallest absolute Gasteiger partial charge is 0.409 e. The van der Waals surface area contributed by atoms with Gasteiger partial charge < -0.3 is 14.4 Å². The topological polar surface area (TPSA) is 38.8 Å². The molecule has 1 heterocycles. The van der Waals surface area contributed by atoms with E-state index in [1.165, 1.54) is 0 Å². The van der Waals surface area contributed by atoms with Crippen LogP contribution in [0.1, 0.15) is 33.1 Å². The van der Waals surface area contributed by atoms with Gasteiger partial charge in [-0.25, -0.2) is 4.79 Å². The highest BCUT2D eigenvalue weighted by molar-refractivity contribution is 5.67. The maximum Gasteiger partial charge on any atom is 0.409 e. The lowest BCUT2D eigenvalue weighted by Crippen LogP contribution is -2.43. The van der Waals surface area contributed by atoms with Crippen molar-refractivity contribution in [3.8, 4) is 0 Å². The van der Waals surface area contributed by atoms with Crippen molar-refractivity contribution in [2.75, 3.05) is 20.3 Å². The van der Waals surface area contributed by atoms with Crippen LogP contribution < -0.4 is 0 Å². The first kappa shape index (κ1) is 12.3. The second-order valence-electron chi connectivity index (χ2n) is 3.89. The fourth-order valence-corrected chi connectivity index (χ4v) is 1.87. The van der Waals surface area contributed by atoms with Crippen LogP contribution >= 0.6 is 0 Å². The Hall–Kier alpha value is -0.770. The van der Waals surface area contributed by atoms with E-state index in [0.717, 1.165) is 25.9 Å². The fourth-order valence-electron chi connectivity index (χ4n) is 1.87. The lowest BCUT2D eigenvalue weighted by Gasteiger charge is -2.34. The van der Waals surface area contributed by atoms with Gasteiger partial charge in [0, 0.05) is 19.7 Å². The van der Waals surface area contributed by atoms with Crippen LogP contribution in [0.2, 0.25) is 0 Å². The summed E-state index contributed by atoms with van der Waals surface area (Å²) >= 11 is 0. The van der Waals surface area contributed by atoms with E-state index in [9.17, 15) is 4.79 Å². The first-order valence-electron chi connectivity index (χ1n) is 5.70. The number of amides is 1. The fraction of sp³-hybridized carbons (Fsp3) is 0.909. The number of hydrogen-bond acceptors (Lipinski definition) is 3. The molecule has 2 atom stereocenters. The maximum absolute atomic E-state index is 11.5. The third-order valence-electron chi connectivity index (χ3n) is 2.90. The van der Waals surface area contributed by atoms with Gasteiger partial charge in [-0.2, -0.15) is 0 Å². The molecule has 88 valence electrons. The molecule has 0 unspecified atom stereocenters. The van der Waals surface area contributed by atoms with Crippen LogP contribution in [0.15, 0.2) is 0 Å². The molecule has 0 radical (unpaired) electrons. The quantitative estimate of drug-likeness (QED) is 0.723. The van der Waals surface area contributed by atoms with Crippen LogP contribution in [0.4, 0.5) is 4.79 Å². The molecule has 1 aliphatic rings. The molecule has 1 amide bonds. The molecule has 0 aliphatic carbocycles. The Kier molecular flexibility index (Phi) is 4.88. The van der Waals surface area contributed by atoms with Crippen molar-refractivity contribution in [3.63, 3.8) is 0 Å². The average molecular weight is 215 g/mol. The van der Waals surface area contributed by atoms with E-state index in [1.54, 1.807) is 11.9 Å². The van der Waals surface area contributed by atoms with Gasteiger partial charge in [-0.3, -0.25) is 0 Å². The summed E-state index contributed by atoms with van der Waals surface area (Å²) in [6.07, 6.45) is 2.91. The second kappa shape index (κ2) is 5.95. The summed E-state index contributed by atoms with van der Waals surface area (Å²) in [7, 11) is 1.81. The van der Waals surface area contributed by atoms with Crippen molar-refractivity contribution in [1.29, 1.82) is 0 Å². The number of hydrogen-bond donors (Lipinski definition) is 0. The van der Waals surface area contributed by atoms with Crippen LogP contribution in [-0.4, -0.2) is 43.4 Å². The van der Waals surface area contributed by atoms with Crippen LogP contribution in [-0.2, 0) is 9.47 Å². The van der Waals surface area contributed by atoms with Crippen molar-refractivity contribution < 1.29 is 14.3 Å². The number of carbonyl (C=O) groups is 1. The predicted octanol–water partition coefficient (Wildman–Crippen LogP) is 2.03. The minimum absolute atomic E-state index is 0.223. The minimum Gasteiger partial charge on any atom is -0.450 e. The van der Waals surface area contributed by atoms with E-state index in [0.29, 0.717) is 12.7 Å². The summed E-state index contributed by atoms with van der Waals surface area (Å²) in [6.45, 7) is 5.11. The molecule has 0 spiro atoms. The molecule has 1 rings (SSSR count). The summed E-state index contributed by atoms with van der Waals surface area (Å²) in [6, 6.07) is 0.266. The molecule has 0 aromatic rings. The summed E-state index contributed by atoms with van der Waals surface area (Å²) < 4.78 is 10.5. The molecular formula is C11H21NO3. The Balaban J connectivity index is 2.44. The van der Waals surface area contributed by atoms with E-state index < -0.39 is 0 Å². The van der Waals surface area contributed by atoms with E-state index >= 15 is 0 Å². The van der Waals surface area contributed by atoms with Gasteiger partial charge in [0.2, 0.25) is 0 Å². The van der Waals surface area contributed by atoms with Gasteiger partial charge in [-0.05, 0) is 26.2 Å². The highest BCUT2D eigenvalue weighted by atomic mass is 16.6. The standard InChI is InChI=1S/C11H21NO3/c1-4-10-8-9(6-7-15-10)12(3)11(13)14-5-2/h9-10H,4-8H2,1-3H3/t9-,10-/m0/s1. The molecular weight excluding hydrogens is 194 g/mol. The zero-order valence-electron chi connectivity index (χ0n) is 9.86. The summed E-state index contributed by atoms with van der Waals surface area (Å²) in [5.74, 6) is 0. The Morgan fingerprint density at radius 3 is 2.87 bits per heavy atom. The zero-order chi connectivity index (χ0) is 11.3. The largest absolute Gasteiger partial charge is 0.450 e. The molecule has 15 heavy (non-hydrogen) atoms. The lowest BCUT2D eigenvalue weighted by atomic mass is 10.0. The number of rotatable bonds is 3. The van der Waals surface area contributed by atoms with Gasteiger partial charge in [0.15, 0.2) is 0 Å². The van der Waals surface area contributed by atoms with Gasteiger partial charge in [0.05, 0.1) is 12.7 Å². The molecule has 4 nitrogen and oxygen atoms in total. The van der Waals surface area contributed by atoms with Gasteiger partial charge in [0.1, 0.15) is 0 Å². The molecule has 1 fully saturated rings. The summed E-state index contributed by atoms with van der Waals surface area (Å²) in [5.41, 5.74) is 0. The molecule has 0 N–H and O–H groups in total. The highest BCUT2D eigenvalue weighted by Crippen LogP contribution is 2.20. The van der Waals surface area contributed by atoms with Crippen LogP contribution in [0.5, 0.6) is 0 Å². The van der Waals surface area contributed by atoms with Gasteiger partial charge in [-0.15, -0.1) is 0 Å². The Bertz CT molecular complexity index is 208. The van der Waals surface area contributed by atoms with Gasteiger partial charge in [-0.1, -0.05) is 6.92 Å². The van der Waals surface area contributed by atoms with Crippen molar-refractivity contribution in [3.05, 3.63) is 0 Å². The third-order valence-corrected chi connectivity index (χ3v) is 2.90. The predicted molar refractivity (Wildman–Crippen MR) is 57.8 cm³/mol. The maximum atomic E-state index is 11.5. The number of ether oxygens (including phenoxy) is 2. The van der Waals surface area contributed by atoms with Crippen molar-refractivity contribution in [2.45, 2.75) is 45.3 Å². The zero-order valence-corrected chi connectivity index (χ0v) is 9.86. The molecule has 1 saturated heterocycles. The molecule has 0 bridgehead atoms. The SMILES string of the molecule is CCOC(=O)N(C)[C@H]1CCO[C@@H](CC)C1. The van der Waals surface area contributed by atoms with E-state index in [4.69, 9.17) is 9.47 Å². The van der Waals surface area contributed by atoms with E-state index in [2.05, 4.69) is 6.92 Å².